The number of piperidine rings is 1. The van der Waals surface area contributed by atoms with Crippen molar-refractivity contribution in [2.75, 3.05) is 19.7 Å². The summed E-state index contributed by atoms with van der Waals surface area (Å²) in [5.41, 5.74) is 0.792. The number of hydrogen-bond donors (Lipinski definition) is 1. The average Bonchev–Trinajstić information content (AvgIpc) is 2.49. The minimum absolute atomic E-state index is 0.0447. The molecule has 19 heavy (non-hydrogen) atoms. The molecule has 1 fully saturated rings. The number of rotatable bonds is 5. The molecule has 3 nitrogen and oxygen atoms in total. The van der Waals surface area contributed by atoms with Gasteiger partial charge < -0.3 is 5.11 Å². The monoisotopic (exact) mass is 261 g/mol. The van der Waals surface area contributed by atoms with Crippen LogP contribution in [-0.2, 0) is 0 Å². The Hall–Kier alpha value is -1.19. The standard InChI is InChI=1S/C16H23NO2/c1-2-15(16(19)14-8-4-3-5-9-14)17-10-6-7-13(11-17)12-18/h3-5,8-9,13,15,18H,2,6-7,10-12H2,1H3. The second kappa shape index (κ2) is 6.83. The van der Waals surface area contributed by atoms with Crippen molar-refractivity contribution in [3.8, 4) is 0 Å². The fraction of sp³-hybridized carbons (Fsp3) is 0.562. The molecule has 0 spiro atoms. The summed E-state index contributed by atoms with van der Waals surface area (Å²) in [6.07, 6.45) is 2.97. The summed E-state index contributed by atoms with van der Waals surface area (Å²) >= 11 is 0. The Kier molecular flexibility index (Phi) is 5.11. The van der Waals surface area contributed by atoms with E-state index in [1.165, 1.54) is 0 Å². The van der Waals surface area contributed by atoms with Crippen molar-refractivity contribution in [1.82, 2.24) is 4.90 Å². The van der Waals surface area contributed by atoms with Crippen molar-refractivity contribution in [3.63, 3.8) is 0 Å². The lowest BCUT2D eigenvalue weighted by atomic mass is 9.94. The number of Topliss-reactive ketones (excluding diaryl/α,β-unsaturated/α-hetero) is 1. The molecule has 0 aromatic heterocycles. The predicted octanol–water partition coefficient (Wildman–Crippen LogP) is 2.35. The molecule has 1 heterocycles. The van der Waals surface area contributed by atoms with Gasteiger partial charge in [-0.05, 0) is 31.7 Å². The highest BCUT2D eigenvalue weighted by molar-refractivity contribution is 6.00. The molecule has 1 aromatic rings. The van der Waals surface area contributed by atoms with Gasteiger partial charge in [-0.25, -0.2) is 0 Å². The van der Waals surface area contributed by atoms with E-state index in [0.717, 1.165) is 37.9 Å². The van der Waals surface area contributed by atoms with Crippen molar-refractivity contribution in [3.05, 3.63) is 35.9 Å². The van der Waals surface area contributed by atoms with Gasteiger partial charge in [-0.1, -0.05) is 37.3 Å². The highest BCUT2D eigenvalue weighted by Crippen LogP contribution is 2.21. The van der Waals surface area contributed by atoms with E-state index in [9.17, 15) is 9.90 Å². The van der Waals surface area contributed by atoms with Crippen LogP contribution in [0.3, 0.4) is 0 Å². The molecule has 2 unspecified atom stereocenters. The number of hydrogen-bond acceptors (Lipinski definition) is 3. The second-order valence-corrected chi connectivity index (χ2v) is 5.34. The number of ketones is 1. The van der Waals surface area contributed by atoms with Crippen LogP contribution in [0.5, 0.6) is 0 Å². The number of benzene rings is 1. The molecule has 2 atom stereocenters. The van der Waals surface area contributed by atoms with Gasteiger partial charge >= 0.3 is 0 Å². The molecular formula is C16H23NO2. The van der Waals surface area contributed by atoms with Crippen LogP contribution in [0.1, 0.15) is 36.5 Å². The molecule has 1 aromatic carbocycles. The second-order valence-electron chi connectivity index (χ2n) is 5.34. The fourth-order valence-electron chi connectivity index (χ4n) is 2.93. The molecule has 1 N–H and O–H groups in total. The first kappa shape index (κ1) is 14.2. The van der Waals surface area contributed by atoms with Gasteiger partial charge in [0.05, 0.1) is 6.04 Å². The summed E-state index contributed by atoms with van der Waals surface area (Å²) in [5, 5.41) is 9.31. The van der Waals surface area contributed by atoms with Gasteiger partial charge in [0.1, 0.15) is 0 Å². The van der Waals surface area contributed by atoms with Crippen LogP contribution in [0.2, 0.25) is 0 Å². The molecular weight excluding hydrogens is 238 g/mol. The fourth-order valence-corrected chi connectivity index (χ4v) is 2.93. The van der Waals surface area contributed by atoms with Crippen LogP contribution < -0.4 is 0 Å². The third-order valence-corrected chi connectivity index (χ3v) is 4.00. The Morgan fingerprint density at radius 3 is 2.79 bits per heavy atom. The Morgan fingerprint density at radius 2 is 2.16 bits per heavy atom. The van der Waals surface area contributed by atoms with Crippen LogP contribution in [-0.4, -0.2) is 41.5 Å². The molecule has 104 valence electrons. The van der Waals surface area contributed by atoms with E-state index in [0.29, 0.717) is 5.92 Å². The molecule has 0 radical (unpaired) electrons. The summed E-state index contributed by atoms with van der Waals surface area (Å²) in [6, 6.07) is 9.48. The highest BCUT2D eigenvalue weighted by atomic mass is 16.3. The Morgan fingerprint density at radius 1 is 1.42 bits per heavy atom. The maximum Gasteiger partial charge on any atom is 0.179 e. The van der Waals surface area contributed by atoms with Crippen LogP contribution in [0.25, 0.3) is 0 Å². The lowest BCUT2D eigenvalue weighted by Gasteiger charge is -2.36. The summed E-state index contributed by atoms with van der Waals surface area (Å²) in [7, 11) is 0. The van der Waals surface area contributed by atoms with Crippen molar-refractivity contribution in [1.29, 1.82) is 0 Å². The van der Waals surface area contributed by atoms with E-state index in [-0.39, 0.29) is 18.4 Å². The number of aliphatic hydroxyl groups excluding tert-OH is 1. The van der Waals surface area contributed by atoms with Gasteiger partial charge in [-0.15, -0.1) is 0 Å². The zero-order valence-corrected chi connectivity index (χ0v) is 11.6. The Labute approximate surface area is 115 Å². The van der Waals surface area contributed by atoms with E-state index in [4.69, 9.17) is 0 Å². The first-order valence-electron chi connectivity index (χ1n) is 7.20. The normalized spacial score (nSPS) is 22.1. The SMILES string of the molecule is CCC(C(=O)c1ccccc1)N1CCCC(CO)C1. The highest BCUT2D eigenvalue weighted by Gasteiger charge is 2.29. The molecule has 1 aliphatic rings. The minimum atomic E-state index is -0.0447. The van der Waals surface area contributed by atoms with Crippen LogP contribution in [0.15, 0.2) is 30.3 Å². The topological polar surface area (TPSA) is 40.5 Å². The lowest BCUT2D eigenvalue weighted by Crippen LogP contribution is -2.47. The smallest absolute Gasteiger partial charge is 0.179 e. The predicted molar refractivity (Wildman–Crippen MR) is 76.2 cm³/mol. The molecule has 0 bridgehead atoms. The van der Waals surface area contributed by atoms with E-state index >= 15 is 0 Å². The van der Waals surface area contributed by atoms with Gasteiger partial charge in [-0.2, -0.15) is 0 Å². The zero-order valence-electron chi connectivity index (χ0n) is 11.6. The van der Waals surface area contributed by atoms with E-state index in [1.54, 1.807) is 0 Å². The Bertz CT molecular complexity index is 404. The summed E-state index contributed by atoms with van der Waals surface area (Å²) in [4.78, 5) is 14.8. The number of likely N-dealkylation sites (tertiary alicyclic amines) is 1. The lowest BCUT2D eigenvalue weighted by molar-refractivity contribution is 0.0629. The molecule has 1 aliphatic heterocycles. The van der Waals surface area contributed by atoms with Crippen LogP contribution >= 0.6 is 0 Å². The van der Waals surface area contributed by atoms with E-state index in [2.05, 4.69) is 11.8 Å². The van der Waals surface area contributed by atoms with Crippen molar-refractivity contribution in [2.24, 2.45) is 5.92 Å². The molecule has 0 aliphatic carbocycles. The van der Waals surface area contributed by atoms with Gasteiger partial charge in [0.2, 0.25) is 0 Å². The quantitative estimate of drug-likeness (QED) is 0.827. The largest absolute Gasteiger partial charge is 0.396 e. The maximum atomic E-state index is 12.6. The number of carbonyl (C=O) groups excluding carboxylic acids is 1. The summed E-state index contributed by atoms with van der Waals surface area (Å²) in [5.74, 6) is 0.535. The van der Waals surface area contributed by atoms with Gasteiger partial charge in [0.15, 0.2) is 5.78 Å². The summed E-state index contributed by atoms with van der Waals surface area (Å²) in [6.45, 7) is 4.10. The van der Waals surface area contributed by atoms with E-state index < -0.39 is 0 Å². The van der Waals surface area contributed by atoms with E-state index in [1.807, 2.05) is 30.3 Å². The number of aliphatic hydroxyl groups is 1. The molecule has 0 amide bonds. The first-order chi connectivity index (χ1) is 9.26. The first-order valence-corrected chi connectivity index (χ1v) is 7.20. The molecule has 3 heteroatoms. The van der Waals surface area contributed by atoms with Crippen molar-refractivity contribution >= 4 is 5.78 Å². The molecule has 2 rings (SSSR count). The van der Waals surface area contributed by atoms with Crippen molar-refractivity contribution in [2.45, 2.75) is 32.2 Å². The summed E-state index contributed by atoms with van der Waals surface area (Å²) < 4.78 is 0. The maximum absolute atomic E-state index is 12.6. The molecule has 0 saturated carbocycles. The molecule has 1 saturated heterocycles. The van der Waals surface area contributed by atoms with Gasteiger partial charge in [-0.3, -0.25) is 9.69 Å². The van der Waals surface area contributed by atoms with Gasteiger partial charge in [0.25, 0.3) is 0 Å². The number of nitrogens with zero attached hydrogens (tertiary/aromatic N) is 1. The third-order valence-electron chi connectivity index (χ3n) is 4.00. The number of carbonyl (C=O) groups is 1. The van der Waals surface area contributed by atoms with Crippen molar-refractivity contribution < 1.29 is 9.90 Å². The van der Waals surface area contributed by atoms with Crippen LogP contribution in [0, 0.1) is 5.92 Å². The van der Waals surface area contributed by atoms with Gasteiger partial charge in [0, 0.05) is 18.7 Å². The average molecular weight is 261 g/mol. The van der Waals surface area contributed by atoms with Crippen LogP contribution in [0.4, 0.5) is 0 Å². The third kappa shape index (κ3) is 3.43. The zero-order chi connectivity index (χ0) is 13.7. The minimum Gasteiger partial charge on any atom is -0.396 e. The Balaban J connectivity index is 2.09.